The van der Waals surface area contributed by atoms with Gasteiger partial charge in [-0.15, -0.1) is 5.10 Å². The van der Waals surface area contributed by atoms with Gasteiger partial charge in [0.05, 0.1) is 23.7 Å². The molecule has 5 rings (SSSR count). The zero-order valence-electron chi connectivity index (χ0n) is 16.8. The van der Waals surface area contributed by atoms with Crippen LogP contribution in [0.15, 0.2) is 23.3 Å². The lowest BCUT2D eigenvalue weighted by molar-refractivity contribution is 0.0602. The highest BCUT2D eigenvalue weighted by molar-refractivity contribution is 5.98. The molecule has 0 unspecified atom stereocenters. The van der Waals surface area contributed by atoms with Crippen LogP contribution in [0.1, 0.15) is 59.9 Å². The molecule has 0 atom stereocenters. The van der Waals surface area contributed by atoms with Gasteiger partial charge in [-0.1, -0.05) is 19.3 Å². The molecule has 10 heteroatoms. The molecule has 1 aliphatic carbocycles. The van der Waals surface area contributed by atoms with Gasteiger partial charge in [0.25, 0.3) is 11.5 Å². The Bertz CT molecular complexity index is 1330. The van der Waals surface area contributed by atoms with Crippen LogP contribution in [0.2, 0.25) is 0 Å². The monoisotopic (exact) mass is 407 g/mol. The molecule has 10 nitrogen and oxygen atoms in total. The van der Waals surface area contributed by atoms with E-state index in [0.717, 1.165) is 18.7 Å². The number of pyridine rings is 1. The molecule has 0 spiro atoms. The quantitative estimate of drug-likeness (QED) is 0.517. The second kappa shape index (κ2) is 7.05. The number of aromatic nitrogens is 7. The van der Waals surface area contributed by atoms with Crippen LogP contribution in [-0.2, 0) is 4.74 Å². The predicted molar refractivity (Wildman–Crippen MR) is 108 cm³/mol. The summed E-state index contributed by atoms with van der Waals surface area (Å²) in [6, 6.07) is 1.75. The van der Waals surface area contributed by atoms with Crippen molar-refractivity contribution in [2.75, 3.05) is 7.11 Å². The normalized spacial score (nSPS) is 15.1. The van der Waals surface area contributed by atoms with Crippen molar-refractivity contribution in [1.29, 1.82) is 0 Å². The molecule has 1 saturated carbocycles. The number of hydrogen-bond acceptors (Lipinski definition) is 7. The van der Waals surface area contributed by atoms with Gasteiger partial charge >= 0.3 is 5.97 Å². The first-order chi connectivity index (χ1) is 14.6. The maximum Gasteiger partial charge on any atom is 0.343 e. The van der Waals surface area contributed by atoms with Gasteiger partial charge in [-0.05, 0) is 25.8 Å². The fraction of sp³-hybridized carbons (Fsp3) is 0.400. The molecule has 30 heavy (non-hydrogen) atoms. The average Bonchev–Trinajstić information content (AvgIpc) is 3.38. The molecule has 1 aliphatic rings. The summed E-state index contributed by atoms with van der Waals surface area (Å²) in [5.41, 5.74) is 1.36. The van der Waals surface area contributed by atoms with Gasteiger partial charge in [-0.2, -0.15) is 10.1 Å². The minimum Gasteiger partial charge on any atom is -0.465 e. The Morgan fingerprint density at radius 2 is 2.07 bits per heavy atom. The number of esters is 1. The lowest BCUT2D eigenvalue weighted by atomic mass is 9.89. The molecule has 0 amide bonds. The Hall–Kier alpha value is -3.56. The van der Waals surface area contributed by atoms with Crippen LogP contribution in [0.25, 0.3) is 22.5 Å². The van der Waals surface area contributed by atoms with E-state index in [1.165, 1.54) is 41.7 Å². The first kappa shape index (κ1) is 18.5. The maximum atomic E-state index is 13.1. The molecular formula is C20H21N7O3. The van der Waals surface area contributed by atoms with E-state index >= 15 is 0 Å². The van der Waals surface area contributed by atoms with E-state index < -0.39 is 5.97 Å². The van der Waals surface area contributed by atoms with Gasteiger partial charge in [0, 0.05) is 18.3 Å². The lowest BCUT2D eigenvalue weighted by Gasteiger charge is -2.18. The first-order valence-electron chi connectivity index (χ1n) is 9.99. The summed E-state index contributed by atoms with van der Waals surface area (Å²) in [5, 5.41) is 12.0. The SMILES string of the molecule is COC(=O)c1c(C)nn2c1ncc1c(=O)n(-c3n[nH]c(C4CCCCC4)n3)ccc12. The zero-order valence-corrected chi connectivity index (χ0v) is 16.8. The number of methoxy groups -OCH3 is 1. The largest absolute Gasteiger partial charge is 0.465 e. The molecule has 1 N–H and O–H groups in total. The summed E-state index contributed by atoms with van der Waals surface area (Å²) in [4.78, 5) is 34.1. The van der Waals surface area contributed by atoms with E-state index in [1.807, 2.05) is 0 Å². The maximum absolute atomic E-state index is 13.1. The van der Waals surface area contributed by atoms with Crippen molar-refractivity contribution in [2.24, 2.45) is 0 Å². The number of nitrogens with one attached hydrogen (secondary N) is 1. The lowest BCUT2D eigenvalue weighted by Crippen LogP contribution is -2.20. The molecular weight excluding hydrogens is 386 g/mol. The number of H-pyrrole nitrogens is 1. The number of aromatic amines is 1. The van der Waals surface area contributed by atoms with E-state index in [0.29, 0.717) is 34.1 Å². The van der Waals surface area contributed by atoms with Crippen molar-refractivity contribution < 1.29 is 9.53 Å². The second-order valence-corrected chi connectivity index (χ2v) is 7.59. The third-order valence-corrected chi connectivity index (χ3v) is 5.77. The number of rotatable bonds is 3. The Balaban J connectivity index is 1.61. The van der Waals surface area contributed by atoms with Gasteiger partial charge in [0.2, 0.25) is 0 Å². The fourth-order valence-corrected chi connectivity index (χ4v) is 4.21. The van der Waals surface area contributed by atoms with E-state index in [2.05, 4.69) is 25.3 Å². The number of carbonyl (C=O) groups is 1. The van der Waals surface area contributed by atoms with Gasteiger partial charge in [-0.25, -0.2) is 18.9 Å². The summed E-state index contributed by atoms with van der Waals surface area (Å²) >= 11 is 0. The Labute approximate surface area is 170 Å². The number of hydrogen-bond donors (Lipinski definition) is 1. The molecule has 0 radical (unpaired) electrons. The summed E-state index contributed by atoms with van der Waals surface area (Å²) in [7, 11) is 1.31. The van der Waals surface area contributed by atoms with Crippen LogP contribution in [0.5, 0.6) is 0 Å². The smallest absolute Gasteiger partial charge is 0.343 e. The topological polar surface area (TPSA) is 120 Å². The molecule has 4 heterocycles. The molecule has 0 aromatic carbocycles. The van der Waals surface area contributed by atoms with Crippen molar-refractivity contribution in [3.05, 3.63) is 45.9 Å². The third kappa shape index (κ3) is 2.78. The molecule has 1 fully saturated rings. The molecule has 0 aliphatic heterocycles. The zero-order chi connectivity index (χ0) is 20.8. The fourth-order valence-electron chi connectivity index (χ4n) is 4.21. The van der Waals surface area contributed by atoms with E-state index in [4.69, 9.17) is 4.74 Å². The van der Waals surface area contributed by atoms with Crippen LogP contribution in [0, 0.1) is 6.92 Å². The predicted octanol–water partition coefficient (Wildman–Crippen LogP) is 2.29. The van der Waals surface area contributed by atoms with Gasteiger partial charge in [-0.3, -0.25) is 9.89 Å². The number of nitrogens with zero attached hydrogens (tertiary/aromatic N) is 6. The van der Waals surface area contributed by atoms with Crippen LogP contribution in [0.4, 0.5) is 0 Å². The number of fused-ring (bicyclic) bond motifs is 3. The minimum absolute atomic E-state index is 0.287. The highest BCUT2D eigenvalue weighted by Gasteiger charge is 2.22. The molecule has 154 valence electrons. The van der Waals surface area contributed by atoms with Crippen molar-refractivity contribution in [1.82, 2.24) is 34.3 Å². The third-order valence-electron chi connectivity index (χ3n) is 5.77. The molecule has 4 aromatic rings. The minimum atomic E-state index is -0.515. The van der Waals surface area contributed by atoms with Gasteiger partial charge in [0.15, 0.2) is 5.65 Å². The van der Waals surface area contributed by atoms with Crippen LogP contribution in [0.3, 0.4) is 0 Å². The van der Waals surface area contributed by atoms with Crippen LogP contribution < -0.4 is 5.56 Å². The van der Waals surface area contributed by atoms with Crippen molar-refractivity contribution in [3.8, 4) is 5.95 Å². The molecule has 0 saturated heterocycles. The van der Waals surface area contributed by atoms with Crippen molar-refractivity contribution in [2.45, 2.75) is 44.9 Å². The van der Waals surface area contributed by atoms with Crippen LogP contribution >= 0.6 is 0 Å². The summed E-state index contributed by atoms with van der Waals surface area (Å²) in [6.45, 7) is 1.70. The van der Waals surface area contributed by atoms with Crippen molar-refractivity contribution >= 4 is 22.5 Å². The Morgan fingerprint density at radius 3 is 2.83 bits per heavy atom. The van der Waals surface area contributed by atoms with Gasteiger partial charge < -0.3 is 4.74 Å². The number of carbonyl (C=O) groups excluding carboxylic acids is 1. The Morgan fingerprint density at radius 1 is 1.27 bits per heavy atom. The van der Waals surface area contributed by atoms with E-state index in [1.54, 1.807) is 19.2 Å². The highest BCUT2D eigenvalue weighted by atomic mass is 16.5. The summed E-state index contributed by atoms with van der Waals surface area (Å²) in [5.74, 6) is 0.991. The second-order valence-electron chi connectivity index (χ2n) is 7.59. The number of ether oxygens (including phenoxy) is 1. The van der Waals surface area contributed by atoms with Gasteiger partial charge in [0.1, 0.15) is 11.4 Å². The summed E-state index contributed by atoms with van der Waals surface area (Å²) < 4.78 is 7.72. The Kier molecular flexibility index (Phi) is 4.34. The average molecular weight is 407 g/mol. The van der Waals surface area contributed by atoms with E-state index in [9.17, 15) is 9.59 Å². The molecule has 4 aromatic heterocycles. The highest BCUT2D eigenvalue weighted by Crippen LogP contribution is 2.30. The number of aryl methyl sites for hydroxylation is 1. The van der Waals surface area contributed by atoms with Crippen LogP contribution in [-0.4, -0.2) is 47.4 Å². The molecule has 0 bridgehead atoms. The standard InChI is InChI=1S/C20H21N7O3/c1-11-15(19(29)30-2)17-21-10-13-14(27(17)25-11)8-9-26(18(13)28)20-22-16(23-24-20)12-6-4-3-5-7-12/h8-10,12H,3-7H2,1-2H3,(H,22,23,24). The van der Waals surface area contributed by atoms with E-state index in [-0.39, 0.29) is 11.1 Å². The van der Waals surface area contributed by atoms with Crippen molar-refractivity contribution in [3.63, 3.8) is 0 Å². The first-order valence-corrected chi connectivity index (χ1v) is 9.99. The summed E-state index contributed by atoms with van der Waals surface area (Å²) in [6.07, 6.45) is 8.88.